The number of hydrogen-bond donors (Lipinski definition) is 0. The number of carbonyl (C=O) groups excluding carboxylic acids is 1. The molecule has 0 saturated carbocycles. The molecule has 0 aromatic carbocycles. The fourth-order valence-corrected chi connectivity index (χ4v) is 3.02. The molecule has 0 saturated heterocycles. The van der Waals surface area contributed by atoms with Crippen molar-refractivity contribution >= 4 is 4.79 Å². The van der Waals surface area contributed by atoms with E-state index in [2.05, 4.69) is 30.8 Å². The third kappa shape index (κ3) is 2.00. The third-order valence-electron chi connectivity index (χ3n) is 1.51. The van der Waals surface area contributed by atoms with E-state index in [-0.39, 0.29) is 0 Å². The molecule has 1 aliphatic carbocycles. The first-order valence-electron chi connectivity index (χ1n) is 3.67. The molecule has 11 heavy (non-hydrogen) atoms. The molecule has 0 spiro atoms. The van der Waals surface area contributed by atoms with Crippen LogP contribution in [0.15, 0.2) is 22.7 Å². The van der Waals surface area contributed by atoms with Crippen LogP contribution >= 0.6 is 0 Å². The maximum absolute atomic E-state index is 10.6. The predicted molar refractivity (Wildman–Crippen MR) is 42.6 cm³/mol. The Bertz CT molecular complexity index is 255. The molecule has 1 aliphatic rings. The summed E-state index contributed by atoms with van der Waals surface area (Å²) in [5.41, 5.74) is 0. The monoisotopic (exact) mass is 191 g/mol. The summed E-state index contributed by atoms with van der Waals surface area (Å²) in [6, 6.07) is 0. The first-order chi connectivity index (χ1) is 5.25. The van der Waals surface area contributed by atoms with E-state index in [1.807, 2.05) is 6.08 Å². The SMILES string of the molecule is C[CH](C)[Mn](=[C]=O)[C]1=CC=CC1. The Morgan fingerprint density at radius 1 is 1.64 bits per heavy atom. The summed E-state index contributed by atoms with van der Waals surface area (Å²) >= 11 is -1.01. The van der Waals surface area contributed by atoms with Gasteiger partial charge in [0.2, 0.25) is 0 Å². The molecule has 0 radical (unpaired) electrons. The van der Waals surface area contributed by atoms with Gasteiger partial charge in [-0.05, 0) is 0 Å². The van der Waals surface area contributed by atoms with Crippen LogP contribution in [-0.4, -0.2) is 4.79 Å². The average molecular weight is 191 g/mol. The van der Waals surface area contributed by atoms with E-state index in [4.69, 9.17) is 0 Å². The summed E-state index contributed by atoms with van der Waals surface area (Å²) < 4.78 is 1.31. The van der Waals surface area contributed by atoms with Crippen LogP contribution in [0, 0.1) is 0 Å². The maximum atomic E-state index is 10.6. The fourth-order valence-electron chi connectivity index (χ4n) is 0.991. The summed E-state index contributed by atoms with van der Waals surface area (Å²) in [6.07, 6.45) is 7.17. The van der Waals surface area contributed by atoms with E-state index in [1.165, 1.54) is 4.47 Å². The number of hydrogen-bond acceptors (Lipinski definition) is 1. The van der Waals surface area contributed by atoms with Crippen molar-refractivity contribution < 1.29 is 18.3 Å². The van der Waals surface area contributed by atoms with Crippen LogP contribution in [-0.2, 0) is 18.3 Å². The van der Waals surface area contributed by atoms with Gasteiger partial charge in [-0.15, -0.1) is 0 Å². The Labute approximate surface area is 71.2 Å². The molecular weight excluding hydrogens is 179 g/mol. The molecule has 0 heterocycles. The van der Waals surface area contributed by atoms with Crippen molar-refractivity contribution in [3.8, 4) is 0 Å². The zero-order valence-electron chi connectivity index (χ0n) is 6.80. The summed E-state index contributed by atoms with van der Waals surface area (Å²) in [4.78, 5) is 13.3. The van der Waals surface area contributed by atoms with Crippen molar-refractivity contribution in [2.75, 3.05) is 0 Å². The number of rotatable bonds is 2. The van der Waals surface area contributed by atoms with E-state index in [0.29, 0.717) is 4.82 Å². The zero-order chi connectivity index (χ0) is 8.27. The van der Waals surface area contributed by atoms with E-state index in [9.17, 15) is 4.79 Å². The quantitative estimate of drug-likeness (QED) is 0.612. The normalized spacial score (nSPS) is 15.8. The van der Waals surface area contributed by atoms with Crippen molar-refractivity contribution in [2.24, 2.45) is 0 Å². The Hall–Kier alpha value is -0.421. The summed E-state index contributed by atoms with van der Waals surface area (Å²) in [6.45, 7) is 4.19. The standard InChI is InChI=1S/C5H5.C3H7.CO.Mn/c1-2-4-5-3-1;1-3-2;1-2;/h1-3H,4H2;3H,1-2H3;;. The molecule has 0 N–H and O–H groups in total. The van der Waals surface area contributed by atoms with E-state index in [0.717, 1.165) is 6.42 Å². The molecule has 0 aromatic heterocycles. The van der Waals surface area contributed by atoms with Crippen LogP contribution in [0.25, 0.3) is 0 Å². The van der Waals surface area contributed by atoms with Crippen molar-refractivity contribution in [1.29, 1.82) is 0 Å². The zero-order valence-corrected chi connectivity index (χ0v) is 7.98. The Morgan fingerprint density at radius 3 is 2.73 bits per heavy atom. The van der Waals surface area contributed by atoms with Gasteiger partial charge in [-0.25, -0.2) is 0 Å². The second-order valence-corrected chi connectivity index (χ2v) is 5.99. The van der Waals surface area contributed by atoms with E-state index in [1.54, 1.807) is 0 Å². The van der Waals surface area contributed by atoms with Crippen LogP contribution in [0.1, 0.15) is 20.3 Å². The predicted octanol–water partition coefficient (Wildman–Crippen LogP) is 2.34. The molecule has 1 nitrogen and oxygen atoms in total. The van der Waals surface area contributed by atoms with Crippen molar-refractivity contribution in [2.45, 2.75) is 25.1 Å². The molecule has 0 atom stereocenters. The van der Waals surface area contributed by atoms with Gasteiger partial charge in [0.15, 0.2) is 0 Å². The molecule has 0 bridgehead atoms. The Kier molecular flexibility index (Phi) is 3.02. The van der Waals surface area contributed by atoms with Crippen molar-refractivity contribution in [1.82, 2.24) is 0 Å². The van der Waals surface area contributed by atoms with E-state index < -0.39 is 13.5 Å². The summed E-state index contributed by atoms with van der Waals surface area (Å²) in [5.74, 6) is 0. The van der Waals surface area contributed by atoms with Crippen LogP contribution in [0.2, 0.25) is 4.82 Å². The second kappa shape index (κ2) is 3.82. The Balaban J connectivity index is 2.81. The molecular formula is C9H12MnO. The fraction of sp³-hybridized carbons (Fsp3) is 0.444. The third-order valence-corrected chi connectivity index (χ3v) is 4.38. The van der Waals surface area contributed by atoms with Gasteiger partial charge in [0.05, 0.1) is 0 Å². The van der Waals surface area contributed by atoms with Gasteiger partial charge < -0.3 is 0 Å². The molecule has 0 fully saturated rings. The van der Waals surface area contributed by atoms with Gasteiger partial charge in [-0.1, -0.05) is 0 Å². The topological polar surface area (TPSA) is 17.1 Å². The Morgan fingerprint density at radius 2 is 2.36 bits per heavy atom. The minimum absolute atomic E-state index is 0.478. The molecule has 2 heteroatoms. The minimum atomic E-state index is -1.01. The van der Waals surface area contributed by atoms with Crippen LogP contribution in [0.3, 0.4) is 0 Å². The first-order valence-corrected chi connectivity index (χ1v) is 5.53. The number of allylic oxidation sites excluding steroid dienone is 4. The van der Waals surface area contributed by atoms with Gasteiger partial charge >= 0.3 is 70.8 Å². The van der Waals surface area contributed by atoms with Crippen molar-refractivity contribution in [3.05, 3.63) is 22.7 Å². The van der Waals surface area contributed by atoms with E-state index >= 15 is 0 Å². The second-order valence-electron chi connectivity index (χ2n) is 2.65. The van der Waals surface area contributed by atoms with Crippen LogP contribution in [0.4, 0.5) is 0 Å². The molecule has 61 valence electrons. The molecule has 0 unspecified atom stereocenters. The van der Waals surface area contributed by atoms with Gasteiger partial charge in [0.1, 0.15) is 0 Å². The van der Waals surface area contributed by atoms with Crippen LogP contribution < -0.4 is 0 Å². The average Bonchev–Trinajstić information content (AvgIpc) is 2.40. The summed E-state index contributed by atoms with van der Waals surface area (Å²) in [7, 11) is 0. The van der Waals surface area contributed by atoms with Crippen molar-refractivity contribution in [3.63, 3.8) is 0 Å². The molecule has 1 rings (SSSR count). The summed E-state index contributed by atoms with van der Waals surface area (Å²) in [5, 5.41) is 0. The first kappa shape index (κ1) is 8.67. The van der Waals surface area contributed by atoms with Gasteiger partial charge in [0.25, 0.3) is 0 Å². The van der Waals surface area contributed by atoms with Gasteiger partial charge in [-0.3, -0.25) is 0 Å². The van der Waals surface area contributed by atoms with Gasteiger partial charge in [0, 0.05) is 0 Å². The molecule has 0 aromatic rings. The van der Waals surface area contributed by atoms with Crippen LogP contribution in [0.5, 0.6) is 0 Å². The van der Waals surface area contributed by atoms with Gasteiger partial charge in [-0.2, -0.15) is 0 Å². The molecule has 0 amide bonds. The molecule has 0 aliphatic heterocycles.